The summed E-state index contributed by atoms with van der Waals surface area (Å²) in [6.07, 6.45) is 4.77. The van der Waals surface area contributed by atoms with Crippen molar-refractivity contribution in [1.29, 1.82) is 0 Å². The average molecular weight is 286 g/mol. The molecule has 108 valence electrons. The molecule has 1 aromatic carbocycles. The Balaban J connectivity index is 0.00000180. The maximum atomic E-state index is 5.86. The van der Waals surface area contributed by atoms with Crippen molar-refractivity contribution in [3.8, 4) is 0 Å². The molecular weight excluding hydrogens is 262 g/mol. The van der Waals surface area contributed by atoms with E-state index in [9.17, 15) is 0 Å². The summed E-state index contributed by atoms with van der Waals surface area (Å²) >= 11 is 0. The van der Waals surface area contributed by atoms with Crippen LogP contribution in [-0.4, -0.2) is 25.4 Å². The van der Waals surface area contributed by atoms with Gasteiger partial charge in [-0.1, -0.05) is 30.3 Å². The smallest absolute Gasteiger partial charge is 0.0718 e. The molecule has 3 nitrogen and oxygen atoms in total. The third-order valence-electron chi connectivity index (χ3n) is 3.41. The summed E-state index contributed by atoms with van der Waals surface area (Å²) in [6, 6.07) is 10.6. The lowest BCUT2D eigenvalue weighted by Gasteiger charge is -2.26. The Bertz CT molecular complexity index is 326. The highest BCUT2D eigenvalue weighted by Crippen LogP contribution is 2.19. The fraction of sp³-hybridized carbons (Fsp3) is 0.600. The van der Waals surface area contributed by atoms with Gasteiger partial charge in [0.2, 0.25) is 0 Å². The third kappa shape index (κ3) is 6.39. The normalized spacial score (nSPS) is 22.8. The van der Waals surface area contributed by atoms with Gasteiger partial charge in [-0.25, -0.2) is 0 Å². The van der Waals surface area contributed by atoms with Crippen molar-refractivity contribution in [1.82, 2.24) is 0 Å². The maximum Gasteiger partial charge on any atom is 0.0718 e. The quantitative estimate of drug-likeness (QED) is 0.818. The summed E-state index contributed by atoms with van der Waals surface area (Å²) in [7, 11) is 0. The van der Waals surface area contributed by atoms with Crippen molar-refractivity contribution >= 4 is 12.4 Å². The van der Waals surface area contributed by atoms with Crippen LogP contribution in [0.4, 0.5) is 0 Å². The van der Waals surface area contributed by atoms with Gasteiger partial charge in [0.15, 0.2) is 0 Å². The van der Waals surface area contributed by atoms with Crippen molar-refractivity contribution in [2.45, 2.75) is 44.4 Å². The van der Waals surface area contributed by atoms with E-state index in [4.69, 9.17) is 15.2 Å². The van der Waals surface area contributed by atoms with E-state index in [1.807, 2.05) is 18.2 Å². The Hall–Kier alpha value is -0.610. The molecule has 0 aliphatic heterocycles. The Labute approximate surface area is 121 Å². The molecule has 1 aliphatic carbocycles. The number of nitrogens with two attached hydrogens (primary N) is 1. The molecule has 1 aromatic rings. The van der Waals surface area contributed by atoms with Gasteiger partial charge in [-0.05, 0) is 31.2 Å². The van der Waals surface area contributed by atoms with E-state index in [1.54, 1.807) is 0 Å². The number of halogens is 1. The number of hydrogen-bond donors (Lipinski definition) is 1. The SMILES string of the molecule is Cl.N[C@H]1CC[C@H](OCCOCc2ccccc2)CC1. The molecular formula is C15H24ClNO2. The second-order valence-corrected chi connectivity index (χ2v) is 4.95. The molecule has 0 spiro atoms. The number of benzene rings is 1. The van der Waals surface area contributed by atoms with Crippen LogP contribution in [0.15, 0.2) is 30.3 Å². The lowest BCUT2D eigenvalue weighted by atomic mass is 9.94. The van der Waals surface area contributed by atoms with E-state index in [0.29, 0.717) is 32.0 Å². The first-order valence-electron chi connectivity index (χ1n) is 6.83. The van der Waals surface area contributed by atoms with Gasteiger partial charge in [0.25, 0.3) is 0 Å². The van der Waals surface area contributed by atoms with Gasteiger partial charge in [0.05, 0.1) is 25.9 Å². The second kappa shape index (κ2) is 9.32. The molecule has 0 saturated heterocycles. The first kappa shape index (κ1) is 16.4. The molecule has 1 aliphatic rings. The number of rotatable bonds is 6. The minimum atomic E-state index is 0. The zero-order chi connectivity index (χ0) is 12.6. The summed E-state index contributed by atoms with van der Waals surface area (Å²) in [5.41, 5.74) is 7.07. The molecule has 4 heteroatoms. The summed E-state index contributed by atoms with van der Waals surface area (Å²) in [5, 5.41) is 0. The van der Waals surface area contributed by atoms with E-state index in [1.165, 1.54) is 5.56 Å². The molecule has 2 rings (SSSR count). The first-order chi connectivity index (χ1) is 8.84. The van der Waals surface area contributed by atoms with Crippen LogP contribution in [0.3, 0.4) is 0 Å². The zero-order valence-electron chi connectivity index (χ0n) is 11.3. The van der Waals surface area contributed by atoms with Crippen LogP contribution in [0.1, 0.15) is 31.2 Å². The van der Waals surface area contributed by atoms with Gasteiger partial charge in [-0.2, -0.15) is 0 Å². The molecule has 0 atom stereocenters. The third-order valence-corrected chi connectivity index (χ3v) is 3.41. The summed E-state index contributed by atoms with van der Waals surface area (Å²) in [6.45, 7) is 2.02. The highest BCUT2D eigenvalue weighted by Gasteiger charge is 2.18. The van der Waals surface area contributed by atoms with Gasteiger partial charge in [0.1, 0.15) is 0 Å². The van der Waals surface area contributed by atoms with Crippen molar-refractivity contribution in [2.75, 3.05) is 13.2 Å². The molecule has 1 saturated carbocycles. The Morgan fingerprint density at radius 2 is 1.68 bits per heavy atom. The van der Waals surface area contributed by atoms with E-state index >= 15 is 0 Å². The molecule has 0 radical (unpaired) electrons. The topological polar surface area (TPSA) is 44.5 Å². The van der Waals surface area contributed by atoms with E-state index in [0.717, 1.165) is 25.7 Å². The van der Waals surface area contributed by atoms with Crippen LogP contribution >= 0.6 is 12.4 Å². The first-order valence-corrected chi connectivity index (χ1v) is 6.83. The van der Waals surface area contributed by atoms with Gasteiger partial charge >= 0.3 is 0 Å². The van der Waals surface area contributed by atoms with Crippen LogP contribution in [0, 0.1) is 0 Å². The monoisotopic (exact) mass is 285 g/mol. The standard InChI is InChI=1S/C15H23NO2.ClH/c16-14-6-8-15(9-7-14)18-11-10-17-12-13-4-2-1-3-5-13;/h1-5,14-15H,6-12,16H2;1H/t14-,15-;. The van der Waals surface area contributed by atoms with Crippen molar-refractivity contribution < 1.29 is 9.47 Å². The van der Waals surface area contributed by atoms with E-state index in [2.05, 4.69) is 12.1 Å². The predicted molar refractivity (Wildman–Crippen MR) is 79.5 cm³/mol. The van der Waals surface area contributed by atoms with Gasteiger partial charge in [-0.15, -0.1) is 12.4 Å². The zero-order valence-corrected chi connectivity index (χ0v) is 12.1. The van der Waals surface area contributed by atoms with E-state index < -0.39 is 0 Å². The molecule has 0 amide bonds. The lowest BCUT2D eigenvalue weighted by Crippen LogP contribution is -2.30. The molecule has 0 bridgehead atoms. The molecule has 0 unspecified atom stereocenters. The average Bonchev–Trinajstić information content (AvgIpc) is 2.42. The Kier molecular flexibility index (Phi) is 8.07. The lowest BCUT2D eigenvalue weighted by molar-refractivity contribution is -0.0155. The fourth-order valence-corrected chi connectivity index (χ4v) is 2.29. The minimum absolute atomic E-state index is 0. The molecule has 1 fully saturated rings. The summed E-state index contributed by atoms with van der Waals surface area (Å²) < 4.78 is 11.4. The van der Waals surface area contributed by atoms with Crippen molar-refractivity contribution in [3.63, 3.8) is 0 Å². The van der Waals surface area contributed by atoms with Crippen LogP contribution in [-0.2, 0) is 16.1 Å². The van der Waals surface area contributed by atoms with Crippen LogP contribution in [0.2, 0.25) is 0 Å². The Morgan fingerprint density at radius 3 is 2.37 bits per heavy atom. The number of ether oxygens (including phenoxy) is 2. The Morgan fingerprint density at radius 1 is 1.00 bits per heavy atom. The molecule has 19 heavy (non-hydrogen) atoms. The predicted octanol–water partition coefficient (Wildman–Crippen LogP) is 2.91. The van der Waals surface area contributed by atoms with Crippen LogP contribution in [0.5, 0.6) is 0 Å². The highest BCUT2D eigenvalue weighted by atomic mass is 35.5. The highest BCUT2D eigenvalue weighted by molar-refractivity contribution is 5.85. The van der Waals surface area contributed by atoms with Gasteiger partial charge in [-0.3, -0.25) is 0 Å². The molecule has 0 aromatic heterocycles. The summed E-state index contributed by atoms with van der Waals surface area (Å²) in [4.78, 5) is 0. The van der Waals surface area contributed by atoms with E-state index in [-0.39, 0.29) is 12.4 Å². The van der Waals surface area contributed by atoms with Gasteiger partial charge in [0, 0.05) is 6.04 Å². The van der Waals surface area contributed by atoms with Gasteiger partial charge < -0.3 is 15.2 Å². The second-order valence-electron chi connectivity index (χ2n) is 4.95. The molecule has 0 heterocycles. The largest absolute Gasteiger partial charge is 0.376 e. The summed E-state index contributed by atoms with van der Waals surface area (Å²) in [5.74, 6) is 0. The van der Waals surface area contributed by atoms with Crippen LogP contribution in [0.25, 0.3) is 0 Å². The van der Waals surface area contributed by atoms with Crippen molar-refractivity contribution in [2.24, 2.45) is 5.73 Å². The molecule has 2 N–H and O–H groups in total. The van der Waals surface area contributed by atoms with Crippen molar-refractivity contribution in [3.05, 3.63) is 35.9 Å². The maximum absolute atomic E-state index is 5.86. The number of hydrogen-bond acceptors (Lipinski definition) is 3. The fourth-order valence-electron chi connectivity index (χ4n) is 2.29. The van der Waals surface area contributed by atoms with Crippen LogP contribution < -0.4 is 5.73 Å². The minimum Gasteiger partial charge on any atom is -0.376 e.